The van der Waals surface area contributed by atoms with Crippen LogP contribution in [0.15, 0.2) is 24.3 Å². The van der Waals surface area contributed by atoms with Gasteiger partial charge in [-0.2, -0.15) is 0 Å². The van der Waals surface area contributed by atoms with Gasteiger partial charge < -0.3 is 10.4 Å². The molecule has 23 heavy (non-hydrogen) atoms. The molecular formula is C19H30FNO2. The molecule has 0 aliphatic rings. The summed E-state index contributed by atoms with van der Waals surface area (Å²) in [6.07, 6.45) is 5.09. The molecule has 0 radical (unpaired) electrons. The van der Waals surface area contributed by atoms with Crippen LogP contribution in [0.1, 0.15) is 64.9 Å². The maximum Gasteiger partial charge on any atom is 0.303 e. The van der Waals surface area contributed by atoms with E-state index in [-0.39, 0.29) is 17.7 Å². The molecule has 0 saturated heterocycles. The lowest BCUT2D eigenvalue weighted by molar-refractivity contribution is -0.137. The van der Waals surface area contributed by atoms with Crippen molar-refractivity contribution in [3.05, 3.63) is 35.6 Å². The van der Waals surface area contributed by atoms with Crippen molar-refractivity contribution >= 4 is 5.97 Å². The van der Waals surface area contributed by atoms with Gasteiger partial charge in [-0.05, 0) is 42.4 Å². The minimum atomic E-state index is -0.717. The van der Waals surface area contributed by atoms with Gasteiger partial charge >= 0.3 is 5.97 Å². The molecule has 0 spiro atoms. The molecule has 2 N–H and O–H groups in total. The van der Waals surface area contributed by atoms with Gasteiger partial charge in [-0.1, -0.05) is 45.7 Å². The van der Waals surface area contributed by atoms with Crippen molar-refractivity contribution in [3.8, 4) is 0 Å². The third-order valence-corrected chi connectivity index (χ3v) is 3.81. The summed E-state index contributed by atoms with van der Waals surface area (Å²) in [6, 6.07) is 6.99. The van der Waals surface area contributed by atoms with Crippen LogP contribution >= 0.6 is 0 Å². The topological polar surface area (TPSA) is 49.3 Å². The van der Waals surface area contributed by atoms with Crippen LogP contribution in [0.2, 0.25) is 0 Å². The van der Waals surface area contributed by atoms with Gasteiger partial charge in [0.1, 0.15) is 5.82 Å². The van der Waals surface area contributed by atoms with Gasteiger partial charge in [0.15, 0.2) is 0 Å². The van der Waals surface area contributed by atoms with Gasteiger partial charge in [0.25, 0.3) is 0 Å². The summed E-state index contributed by atoms with van der Waals surface area (Å²) >= 11 is 0. The first-order chi connectivity index (χ1) is 10.8. The number of carboxylic acids is 1. The normalized spacial score (nSPS) is 13.0. The number of carbonyl (C=O) groups is 1. The van der Waals surface area contributed by atoms with Crippen molar-refractivity contribution in [3.63, 3.8) is 0 Å². The van der Waals surface area contributed by atoms with E-state index in [1.165, 1.54) is 12.1 Å². The van der Waals surface area contributed by atoms with Gasteiger partial charge in [-0.25, -0.2) is 4.39 Å². The lowest BCUT2D eigenvalue weighted by atomic mass is 9.86. The largest absolute Gasteiger partial charge is 0.481 e. The Kier molecular flexibility index (Phi) is 8.24. The van der Waals surface area contributed by atoms with Crippen molar-refractivity contribution in [2.75, 3.05) is 0 Å². The molecule has 1 unspecified atom stereocenters. The molecule has 0 amide bonds. The van der Waals surface area contributed by atoms with Gasteiger partial charge in [-0.15, -0.1) is 0 Å². The number of rotatable bonds is 10. The highest BCUT2D eigenvalue weighted by Gasteiger charge is 2.18. The molecule has 4 heteroatoms. The Morgan fingerprint density at radius 3 is 2.39 bits per heavy atom. The fourth-order valence-electron chi connectivity index (χ4n) is 2.72. The van der Waals surface area contributed by atoms with Crippen LogP contribution in [0.25, 0.3) is 0 Å². The number of nitrogens with one attached hydrogen (secondary N) is 1. The zero-order chi connectivity index (χ0) is 17.3. The van der Waals surface area contributed by atoms with E-state index in [0.29, 0.717) is 6.04 Å². The molecule has 130 valence electrons. The molecular weight excluding hydrogens is 293 g/mol. The van der Waals surface area contributed by atoms with Gasteiger partial charge in [0, 0.05) is 19.0 Å². The van der Waals surface area contributed by atoms with E-state index in [2.05, 4.69) is 26.1 Å². The number of unbranched alkanes of at least 4 members (excludes halogenated alkanes) is 2. The summed E-state index contributed by atoms with van der Waals surface area (Å²) in [5, 5.41) is 12.2. The van der Waals surface area contributed by atoms with Crippen LogP contribution in [0.3, 0.4) is 0 Å². The monoisotopic (exact) mass is 323 g/mol. The summed E-state index contributed by atoms with van der Waals surface area (Å²) in [4.78, 5) is 10.5. The molecule has 0 aliphatic heterocycles. The molecule has 0 aromatic heterocycles. The smallest absolute Gasteiger partial charge is 0.303 e. The molecule has 1 atom stereocenters. The van der Waals surface area contributed by atoms with Crippen molar-refractivity contribution < 1.29 is 14.3 Å². The lowest BCUT2D eigenvalue weighted by Gasteiger charge is -2.27. The Morgan fingerprint density at radius 1 is 1.17 bits per heavy atom. The zero-order valence-electron chi connectivity index (χ0n) is 14.6. The number of hydrogen-bond donors (Lipinski definition) is 2. The second-order valence-corrected chi connectivity index (χ2v) is 7.46. The number of benzene rings is 1. The van der Waals surface area contributed by atoms with Crippen LogP contribution in [-0.2, 0) is 11.3 Å². The van der Waals surface area contributed by atoms with Crippen LogP contribution in [0, 0.1) is 11.2 Å². The summed E-state index contributed by atoms with van der Waals surface area (Å²) in [5.41, 5.74) is 1.32. The molecule has 0 saturated carbocycles. The molecule has 1 rings (SSSR count). The summed E-state index contributed by atoms with van der Waals surface area (Å²) < 4.78 is 12.9. The predicted molar refractivity (Wildman–Crippen MR) is 91.8 cm³/mol. The SMILES string of the molecule is CC(C)(C)CC(CCCCCC(=O)O)NCc1ccc(F)cc1. The van der Waals surface area contributed by atoms with Crippen molar-refractivity contribution in [2.24, 2.45) is 5.41 Å². The summed E-state index contributed by atoms with van der Waals surface area (Å²) in [6.45, 7) is 7.41. The summed E-state index contributed by atoms with van der Waals surface area (Å²) in [7, 11) is 0. The molecule has 1 aromatic rings. The Balaban J connectivity index is 2.41. The van der Waals surface area contributed by atoms with Crippen molar-refractivity contribution in [1.29, 1.82) is 0 Å². The van der Waals surface area contributed by atoms with Crippen LogP contribution in [0.4, 0.5) is 4.39 Å². The predicted octanol–water partition coefficient (Wildman–Crippen LogP) is 4.76. The van der Waals surface area contributed by atoms with Crippen LogP contribution < -0.4 is 5.32 Å². The number of aliphatic carboxylic acids is 1. The molecule has 0 aliphatic carbocycles. The molecule has 0 fully saturated rings. The maximum atomic E-state index is 12.9. The molecule has 1 aromatic carbocycles. The highest BCUT2D eigenvalue weighted by atomic mass is 19.1. The minimum Gasteiger partial charge on any atom is -0.481 e. The van der Waals surface area contributed by atoms with Crippen LogP contribution in [-0.4, -0.2) is 17.1 Å². The van der Waals surface area contributed by atoms with Crippen molar-refractivity contribution in [1.82, 2.24) is 5.32 Å². The van der Waals surface area contributed by atoms with E-state index in [4.69, 9.17) is 5.11 Å². The first-order valence-corrected chi connectivity index (χ1v) is 8.46. The molecule has 0 heterocycles. The van der Waals surface area contributed by atoms with E-state index < -0.39 is 5.97 Å². The van der Waals surface area contributed by atoms with E-state index in [9.17, 15) is 9.18 Å². The quantitative estimate of drug-likeness (QED) is 0.611. The Bertz CT molecular complexity index is 465. The van der Waals surface area contributed by atoms with E-state index in [1.807, 2.05) is 12.1 Å². The third-order valence-electron chi connectivity index (χ3n) is 3.81. The van der Waals surface area contributed by atoms with Gasteiger partial charge in [-0.3, -0.25) is 4.79 Å². The van der Waals surface area contributed by atoms with Gasteiger partial charge in [0.2, 0.25) is 0 Å². The third kappa shape index (κ3) is 10.1. The highest BCUT2D eigenvalue weighted by Crippen LogP contribution is 2.23. The Morgan fingerprint density at radius 2 is 1.83 bits per heavy atom. The van der Waals surface area contributed by atoms with Gasteiger partial charge in [0.05, 0.1) is 0 Å². The first kappa shape index (κ1) is 19.6. The average Bonchev–Trinajstić information content (AvgIpc) is 2.44. The molecule has 0 bridgehead atoms. The average molecular weight is 323 g/mol. The first-order valence-electron chi connectivity index (χ1n) is 8.46. The second-order valence-electron chi connectivity index (χ2n) is 7.46. The lowest BCUT2D eigenvalue weighted by Crippen LogP contribution is -2.32. The number of halogens is 1. The summed E-state index contributed by atoms with van der Waals surface area (Å²) in [5.74, 6) is -0.927. The van der Waals surface area contributed by atoms with Crippen molar-refractivity contribution in [2.45, 2.75) is 71.9 Å². The maximum absolute atomic E-state index is 12.9. The minimum absolute atomic E-state index is 0.210. The Hall–Kier alpha value is -1.42. The molecule has 3 nitrogen and oxygen atoms in total. The zero-order valence-corrected chi connectivity index (χ0v) is 14.6. The number of carboxylic acid groups (broad SMARTS) is 1. The van der Waals surface area contributed by atoms with E-state index >= 15 is 0 Å². The van der Waals surface area contributed by atoms with Crippen LogP contribution in [0.5, 0.6) is 0 Å². The fourth-order valence-corrected chi connectivity index (χ4v) is 2.72. The standard InChI is InChI=1S/C19H30FNO2/c1-19(2,3)13-17(7-5-4-6-8-18(22)23)21-14-15-9-11-16(20)12-10-15/h9-12,17,21H,4-8,13-14H2,1-3H3,(H,22,23). The van der Waals surface area contributed by atoms with E-state index in [0.717, 1.165) is 44.2 Å². The second kappa shape index (κ2) is 9.66. The fraction of sp³-hybridized carbons (Fsp3) is 0.632. The number of hydrogen-bond acceptors (Lipinski definition) is 2. The van der Waals surface area contributed by atoms with E-state index in [1.54, 1.807) is 0 Å². The Labute approximate surface area is 139 Å². The highest BCUT2D eigenvalue weighted by molar-refractivity contribution is 5.66.